The minimum Gasteiger partial charge on any atom is -0.513 e. The standard InChI is InChI=1S/C32H39NO6/c1-8-38-27(36)17-25-31(32(37)39-9-2)29(19(4)11-10-12-22(7)34)30-24(33-25)15-23(16-26(30)35)28-20(5)13-18(3)14-21(28)6/h10-14,23,29,33-34H,4,8-9,15-17H2,1-3,5-7H3/b11-10-,22-12+. The quantitative estimate of drug-likeness (QED) is 0.232. The molecule has 1 heterocycles. The van der Waals surface area contributed by atoms with E-state index in [2.05, 4.69) is 44.8 Å². The first-order chi connectivity index (χ1) is 18.5. The third-order valence-electron chi connectivity index (χ3n) is 7.00. The Morgan fingerprint density at radius 1 is 1.10 bits per heavy atom. The van der Waals surface area contributed by atoms with Gasteiger partial charge in [0.2, 0.25) is 0 Å². The Balaban J connectivity index is 2.17. The summed E-state index contributed by atoms with van der Waals surface area (Å²) < 4.78 is 10.6. The minimum atomic E-state index is -0.804. The molecule has 2 atom stereocenters. The number of rotatable bonds is 9. The average molecular weight is 534 g/mol. The molecular weight excluding hydrogens is 494 g/mol. The number of dihydropyridines is 1. The fourth-order valence-corrected chi connectivity index (χ4v) is 5.72. The van der Waals surface area contributed by atoms with Crippen LogP contribution in [0.3, 0.4) is 0 Å². The van der Waals surface area contributed by atoms with Crippen LogP contribution >= 0.6 is 0 Å². The highest BCUT2D eigenvalue weighted by molar-refractivity contribution is 6.04. The predicted molar refractivity (Wildman–Crippen MR) is 151 cm³/mol. The van der Waals surface area contributed by atoms with Gasteiger partial charge in [-0.05, 0) is 82.2 Å². The van der Waals surface area contributed by atoms with Crippen LogP contribution in [0.4, 0.5) is 0 Å². The Morgan fingerprint density at radius 2 is 1.74 bits per heavy atom. The highest BCUT2D eigenvalue weighted by Crippen LogP contribution is 2.45. The number of esters is 2. The van der Waals surface area contributed by atoms with E-state index in [0.29, 0.717) is 29.0 Å². The molecule has 2 aliphatic rings. The van der Waals surface area contributed by atoms with Gasteiger partial charge in [-0.1, -0.05) is 36.4 Å². The molecule has 7 nitrogen and oxygen atoms in total. The molecule has 1 aromatic carbocycles. The second kappa shape index (κ2) is 12.8. The van der Waals surface area contributed by atoms with Gasteiger partial charge >= 0.3 is 11.9 Å². The number of carbonyl (C=O) groups excluding carboxylic acids is 3. The highest BCUT2D eigenvalue weighted by atomic mass is 16.5. The van der Waals surface area contributed by atoms with E-state index in [0.717, 1.165) is 16.7 Å². The molecule has 1 aliphatic heterocycles. The number of ketones is 1. The van der Waals surface area contributed by atoms with Crippen LogP contribution in [0.25, 0.3) is 0 Å². The summed E-state index contributed by atoms with van der Waals surface area (Å²) in [7, 11) is 0. The largest absolute Gasteiger partial charge is 0.513 e. The molecule has 39 heavy (non-hydrogen) atoms. The summed E-state index contributed by atoms with van der Waals surface area (Å²) in [6.07, 6.45) is 5.42. The van der Waals surface area contributed by atoms with E-state index >= 15 is 0 Å². The Labute approximate surface area is 231 Å². The lowest BCUT2D eigenvalue weighted by molar-refractivity contribution is -0.142. The van der Waals surface area contributed by atoms with Gasteiger partial charge in [-0.2, -0.15) is 0 Å². The van der Waals surface area contributed by atoms with Crippen molar-refractivity contribution in [3.63, 3.8) is 0 Å². The van der Waals surface area contributed by atoms with E-state index in [1.807, 2.05) is 0 Å². The molecule has 0 saturated carbocycles. The van der Waals surface area contributed by atoms with Gasteiger partial charge in [0.25, 0.3) is 0 Å². The van der Waals surface area contributed by atoms with Crippen molar-refractivity contribution >= 4 is 17.7 Å². The summed E-state index contributed by atoms with van der Waals surface area (Å²) in [6.45, 7) is 15.7. The summed E-state index contributed by atoms with van der Waals surface area (Å²) in [5.41, 5.74) is 6.72. The summed E-state index contributed by atoms with van der Waals surface area (Å²) in [5, 5.41) is 12.9. The van der Waals surface area contributed by atoms with Crippen LogP contribution in [0.15, 0.2) is 70.8 Å². The molecule has 7 heteroatoms. The van der Waals surface area contributed by atoms with Crippen molar-refractivity contribution in [2.45, 2.75) is 66.7 Å². The molecule has 0 spiro atoms. The molecule has 2 N–H and O–H groups in total. The number of nitrogens with one attached hydrogen (secondary N) is 1. The van der Waals surface area contributed by atoms with E-state index in [1.54, 1.807) is 32.9 Å². The van der Waals surface area contributed by atoms with E-state index in [-0.39, 0.29) is 49.1 Å². The molecule has 0 radical (unpaired) electrons. The zero-order valence-electron chi connectivity index (χ0n) is 23.8. The van der Waals surface area contributed by atoms with Crippen LogP contribution in [0.1, 0.15) is 68.2 Å². The van der Waals surface area contributed by atoms with Crippen LogP contribution in [0, 0.1) is 26.7 Å². The van der Waals surface area contributed by atoms with Crippen molar-refractivity contribution in [3.8, 4) is 0 Å². The zero-order chi connectivity index (χ0) is 28.9. The number of ether oxygens (including phenoxy) is 2. The smallest absolute Gasteiger partial charge is 0.336 e. The van der Waals surface area contributed by atoms with Crippen LogP contribution < -0.4 is 5.32 Å². The molecule has 208 valence electrons. The zero-order valence-corrected chi connectivity index (χ0v) is 23.8. The molecule has 0 saturated heterocycles. The number of allylic oxidation sites excluding steroid dienone is 7. The molecule has 1 aliphatic carbocycles. The maximum atomic E-state index is 13.9. The molecule has 0 aromatic heterocycles. The fourth-order valence-electron chi connectivity index (χ4n) is 5.72. The van der Waals surface area contributed by atoms with Gasteiger partial charge in [-0.15, -0.1) is 0 Å². The molecule has 1 aromatic rings. The Morgan fingerprint density at radius 3 is 2.33 bits per heavy atom. The molecule has 2 unspecified atom stereocenters. The normalized spacial score (nSPS) is 19.6. The van der Waals surface area contributed by atoms with Gasteiger partial charge in [0, 0.05) is 29.3 Å². The summed E-state index contributed by atoms with van der Waals surface area (Å²) in [6, 6.07) is 4.25. The third-order valence-corrected chi connectivity index (χ3v) is 7.00. The molecule has 0 bridgehead atoms. The lowest BCUT2D eigenvalue weighted by Gasteiger charge is -2.38. The summed E-state index contributed by atoms with van der Waals surface area (Å²) >= 11 is 0. The first kappa shape index (κ1) is 29.7. The van der Waals surface area contributed by atoms with Crippen LogP contribution in [-0.4, -0.2) is 36.0 Å². The number of benzene rings is 1. The van der Waals surface area contributed by atoms with E-state index < -0.39 is 17.9 Å². The maximum Gasteiger partial charge on any atom is 0.336 e. The SMILES string of the molecule is C=C(/C=C\C=C(/C)O)C1C2=C(CC(c3c(C)cc(C)cc3C)CC2=O)NC(CC(=O)OCC)=C1C(=O)OCC. The van der Waals surface area contributed by atoms with Crippen molar-refractivity contribution in [1.82, 2.24) is 5.32 Å². The molecule has 0 amide bonds. The van der Waals surface area contributed by atoms with E-state index in [4.69, 9.17) is 9.47 Å². The number of aliphatic hydroxyl groups excluding tert-OH is 1. The minimum absolute atomic E-state index is 0.0539. The first-order valence-corrected chi connectivity index (χ1v) is 13.4. The average Bonchev–Trinajstić information content (AvgIpc) is 2.82. The third kappa shape index (κ3) is 6.77. The number of hydrogen-bond donors (Lipinski definition) is 2. The Kier molecular flexibility index (Phi) is 9.73. The monoisotopic (exact) mass is 533 g/mol. The fraction of sp³-hybridized carbons (Fsp3) is 0.406. The van der Waals surface area contributed by atoms with Gasteiger partial charge in [0.05, 0.1) is 31.0 Å². The van der Waals surface area contributed by atoms with Gasteiger partial charge in [0.1, 0.15) is 0 Å². The first-order valence-electron chi connectivity index (χ1n) is 13.4. The topological polar surface area (TPSA) is 102 Å². The van der Waals surface area contributed by atoms with Gasteiger partial charge < -0.3 is 19.9 Å². The lowest BCUT2D eigenvalue weighted by Crippen LogP contribution is -2.39. The van der Waals surface area contributed by atoms with Crippen molar-refractivity contribution in [2.75, 3.05) is 13.2 Å². The lowest BCUT2D eigenvalue weighted by atomic mass is 9.70. The number of hydrogen-bond acceptors (Lipinski definition) is 7. The molecule has 3 rings (SSSR count). The van der Waals surface area contributed by atoms with Crippen LogP contribution in [0.5, 0.6) is 0 Å². The van der Waals surface area contributed by atoms with Crippen LogP contribution in [-0.2, 0) is 23.9 Å². The number of Topliss-reactive ketones (excluding diaryl/α,β-unsaturated/α-hetero) is 1. The van der Waals surface area contributed by atoms with Crippen molar-refractivity contribution in [1.29, 1.82) is 0 Å². The van der Waals surface area contributed by atoms with Gasteiger partial charge in [-0.25, -0.2) is 4.79 Å². The Hall–Kier alpha value is -3.87. The Bertz CT molecular complexity index is 1280. The van der Waals surface area contributed by atoms with Gasteiger partial charge in [0.15, 0.2) is 5.78 Å². The van der Waals surface area contributed by atoms with Crippen molar-refractivity contribution < 1.29 is 29.0 Å². The van der Waals surface area contributed by atoms with Gasteiger partial charge in [-0.3, -0.25) is 9.59 Å². The van der Waals surface area contributed by atoms with Crippen molar-refractivity contribution in [3.05, 3.63) is 93.1 Å². The van der Waals surface area contributed by atoms with Crippen molar-refractivity contribution in [2.24, 2.45) is 5.92 Å². The highest BCUT2D eigenvalue weighted by Gasteiger charge is 2.43. The van der Waals surface area contributed by atoms with E-state index in [1.165, 1.54) is 11.6 Å². The molecule has 0 fully saturated rings. The summed E-state index contributed by atoms with van der Waals surface area (Å²) in [5.74, 6) is -1.95. The second-order valence-corrected chi connectivity index (χ2v) is 10.1. The second-order valence-electron chi connectivity index (χ2n) is 10.1. The molecular formula is C32H39NO6. The van der Waals surface area contributed by atoms with E-state index in [9.17, 15) is 19.5 Å². The van der Waals surface area contributed by atoms with Crippen LogP contribution in [0.2, 0.25) is 0 Å². The number of aryl methyl sites for hydroxylation is 3. The number of aliphatic hydroxyl groups is 1. The summed E-state index contributed by atoms with van der Waals surface area (Å²) in [4.78, 5) is 39.8. The number of carbonyl (C=O) groups is 3. The maximum absolute atomic E-state index is 13.9. The predicted octanol–water partition coefficient (Wildman–Crippen LogP) is 5.88.